The molecule has 1 rings (SSSR count). The Hall–Kier alpha value is -1.02. The lowest BCUT2D eigenvalue weighted by atomic mass is 10.1. The van der Waals surface area contributed by atoms with Crippen LogP contribution in [0.4, 0.5) is 0 Å². The van der Waals surface area contributed by atoms with E-state index in [1.54, 1.807) is 7.11 Å². The van der Waals surface area contributed by atoms with E-state index in [0.717, 1.165) is 25.3 Å². The van der Waals surface area contributed by atoms with Gasteiger partial charge in [0.2, 0.25) is 0 Å². The molecule has 0 fully saturated rings. The van der Waals surface area contributed by atoms with Gasteiger partial charge in [-0.2, -0.15) is 0 Å². The van der Waals surface area contributed by atoms with Crippen LogP contribution in [0.25, 0.3) is 0 Å². The van der Waals surface area contributed by atoms with Gasteiger partial charge >= 0.3 is 0 Å². The van der Waals surface area contributed by atoms with Crippen LogP contribution in [0.5, 0.6) is 5.75 Å². The summed E-state index contributed by atoms with van der Waals surface area (Å²) in [4.78, 5) is 0. The molecule has 1 aromatic carbocycles. The highest BCUT2D eigenvalue weighted by Crippen LogP contribution is 2.22. The van der Waals surface area contributed by atoms with E-state index in [4.69, 9.17) is 4.74 Å². The first-order valence-electron chi connectivity index (χ1n) is 5.12. The monoisotopic (exact) mass is 193 g/mol. The number of para-hydroxylation sites is 1. The fourth-order valence-corrected chi connectivity index (χ4v) is 1.54. The summed E-state index contributed by atoms with van der Waals surface area (Å²) in [5, 5.41) is 3.37. The zero-order chi connectivity index (χ0) is 10.4. The van der Waals surface area contributed by atoms with E-state index in [-0.39, 0.29) is 0 Å². The van der Waals surface area contributed by atoms with Crippen LogP contribution in [0.1, 0.15) is 24.5 Å². The molecule has 0 radical (unpaired) electrons. The first-order valence-corrected chi connectivity index (χ1v) is 5.12. The second kappa shape index (κ2) is 5.66. The van der Waals surface area contributed by atoms with Crippen molar-refractivity contribution in [2.24, 2.45) is 0 Å². The zero-order valence-corrected chi connectivity index (χ0v) is 9.26. The molecule has 0 aliphatic heterocycles. The van der Waals surface area contributed by atoms with Gasteiger partial charge in [0.15, 0.2) is 0 Å². The maximum Gasteiger partial charge on any atom is 0.126 e. The van der Waals surface area contributed by atoms with Gasteiger partial charge in [-0.15, -0.1) is 0 Å². The van der Waals surface area contributed by atoms with E-state index < -0.39 is 0 Å². The predicted octanol–water partition coefficient (Wildman–Crippen LogP) is 2.50. The molecule has 2 heteroatoms. The van der Waals surface area contributed by atoms with Crippen LogP contribution in [-0.4, -0.2) is 13.7 Å². The Morgan fingerprint density at radius 1 is 1.36 bits per heavy atom. The third-order valence-corrected chi connectivity index (χ3v) is 2.24. The molecule has 0 amide bonds. The highest BCUT2D eigenvalue weighted by atomic mass is 16.5. The highest BCUT2D eigenvalue weighted by molar-refractivity contribution is 5.40. The topological polar surface area (TPSA) is 21.3 Å². The number of aryl methyl sites for hydroxylation is 1. The molecule has 2 nitrogen and oxygen atoms in total. The van der Waals surface area contributed by atoms with Crippen molar-refractivity contribution >= 4 is 0 Å². The summed E-state index contributed by atoms with van der Waals surface area (Å²) in [6, 6.07) is 6.25. The molecule has 0 aromatic heterocycles. The molecule has 0 bridgehead atoms. The largest absolute Gasteiger partial charge is 0.496 e. The smallest absolute Gasteiger partial charge is 0.126 e. The molecular weight excluding hydrogens is 174 g/mol. The van der Waals surface area contributed by atoms with Gasteiger partial charge in [-0.25, -0.2) is 0 Å². The van der Waals surface area contributed by atoms with Crippen molar-refractivity contribution < 1.29 is 4.74 Å². The van der Waals surface area contributed by atoms with Gasteiger partial charge in [0.05, 0.1) is 7.11 Å². The van der Waals surface area contributed by atoms with Crippen molar-refractivity contribution in [1.82, 2.24) is 5.32 Å². The molecule has 1 N–H and O–H groups in total. The van der Waals surface area contributed by atoms with E-state index in [0.29, 0.717) is 0 Å². The molecule has 0 aliphatic rings. The predicted molar refractivity (Wildman–Crippen MR) is 59.7 cm³/mol. The lowest BCUT2D eigenvalue weighted by Crippen LogP contribution is -2.14. The van der Waals surface area contributed by atoms with Crippen LogP contribution >= 0.6 is 0 Å². The van der Waals surface area contributed by atoms with Crippen LogP contribution in [0.15, 0.2) is 18.2 Å². The van der Waals surface area contributed by atoms with Crippen LogP contribution < -0.4 is 10.1 Å². The zero-order valence-electron chi connectivity index (χ0n) is 9.26. The van der Waals surface area contributed by atoms with E-state index in [1.165, 1.54) is 11.1 Å². The molecule has 0 saturated heterocycles. The third kappa shape index (κ3) is 2.74. The third-order valence-electron chi connectivity index (χ3n) is 2.24. The van der Waals surface area contributed by atoms with E-state index >= 15 is 0 Å². The SMILES string of the molecule is CCCNCc1cccc(C)c1OC. The highest BCUT2D eigenvalue weighted by Gasteiger charge is 2.04. The molecular formula is C12H19NO. The van der Waals surface area contributed by atoms with Crippen molar-refractivity contribution in [3.8, 4) is 5.75 Å². The second-order valence-electron chi connectivity index (χ2n) is 3.44. The maximum atomic E-state index is 5.37. The summed E-state index contributed by atoms with van der Waals surface area (Å²) >= 11 is 0. The minimum Gasteiger partial charge on any atom is -0.496 e. The first kappa shape index (κ1) is 11.1. The summed E-state index contributed by atoms with van der Waals surface area (Å²) in [7, 11) is 1.73. The summed E-state index contributed by atoms with van der Waals surface area (Å²) in [5.41, 5.74) is 2.43. The quantitative estimate of drug-likeness (QED) is 0.725. The summed E-state index contributed by atoms with van der Waals surface area (Å²) in [6.07, 6.45) is 1.16. The standard InChI is InChI=1S/C12H19NO/c1-4-8-13-9-11-7-5-6-10(2)12(11)14-3/h5-7,13H,4,8-9H2,1-3H3. The Bertz CT molecular complexity index is 284. The number of hydrogen-bond donors (Lipinski definition) is 1. The minimum atomic E-state index is 0.888. The molecule has 0 atom stereocenters. The molecule has 0 aliphatic carbocycles. The number of methoxy groups -OCH3 is 1. The maximum absolute atomic E-state index is 5.37. The Labute approximate surface area is 86.3 Å². The number of rotatable bonds is 5. The number of ether oxygens (including phenoxy) is 1. The second-order valence-corrected chi connectivity index (χ2v) is 3.44. The van der Waals surface area contributed by atoms with Gasteiger partial charge < -0.3 is 10.1 Å². The van der Waals surface area contributed by atoms with Crippen molar-refractivity contribution in [1.29, 1.82) is 0 Å². The average molecular weight is 193 g/mol. The van der Waals surface area contributed by atoms with Crippen molar-refractivity contribution in [3.05, 3.63) is 29.3 Å². The van der Waals surface area contributed by atoms with Gasteiger partial charge in [-0.1, -0.05) is 25.1 Å². The van der Waals surface area contributed by atoms with Gasteiger partial charge in [-0.05, 0) is 25.5 Å². The molecule has 0 spiro atoms. The Morgan fingerprint density at radius 2 is 2.14 bits per heavy atom. The molecule has 78 valence electrons. The van der Waals surface area contributed by atoms with Crippen LogP contribution in [0.2, 0.25) is 0 Å². The molecule has 1 aromatic rings. The molecule has 0 unspecified atom stereocenters. The van der Waals surface area contributed by atoms with Crippen molar-refractivity contribution in [2.45, 2.75) is 26.8 Å². The number of hydrogen-bond acceptors (Lipinski definition) is 2. The van der Waals surface area contributed by atoms with Crippen molar-refractivity contribution in [2.75, 3.05) is 13.7 Å². The first-order chi connectivity index (χ1) is 6.79. The van der Waals surface area contributed by atoms with Gasteiger partial charge in [-0.3, -0.25) is 0 Å². The van der Waals surface area contributed by atoms with Gasteiger partial charge in [0.25, 0.3) is 0 Å². The number of nitrogens with one attached hydrogen (secondary N) is 1. The van der Waals surface area contributed by atoms with Crippen molar-refractivity contribution in [3.63, 3.8) is 0 Å². The molecule has 0 saturated carbocycles. The average Bonchev–Trinajstić information content (AvgIpc) is 2.18. The van der Waals surface area contributed by atoms with Crippen LogP contribution in [0, 0.1) is 6.92 Å². The van der Waals surface area contributed by atoms with E-state index in [9.17, 15) is 0 Å². The van der Waals surface area contributed by atoms with E-state index in [1.807, 2.05) is 0 Å². The summed E-state index contributed by atoms with van der Waals surface area (Å²) < 4.78 is 5.37. The summed E-state index contributed by atoms with van der Waals surface area (Å²) in [5.74, 6) is 1.01. The van der Waals surface area contributed by atoms with Gasteiger partial charge in [0, 0.05) is 12.1 Å². The minimum absolute atomic E-state index is 0.888. The molecule has 0 heterocycles. The number of benzene rings is 1. The Morgan fingerprint density at radius 3 is 2.79 bits per heavy atom. The Kier molecular flexibility index (Phi) is 4.47. The fourth-order valence-electron chi connectivity index (χ4n) is 1.54. The fraction of sp³-hybridized carbons (Fsp3) is 0.500. The van der Waals surface area contributed by atoms with Crippen LogP contribution in [0.3, 0.4) is 0 Å². The lowest BCUT2D eigenvalue weighted by molar-refractivity contribution is 0.404. The molecule has 14 heavy (non-hydrogen) atoms. The van der Waals surface area contributed by atoms with E-state index in [2.05, 4.69) is 37.4 Å². The normalized spacial score (nSPS) is 10.2. The van der Waals surface area contributed by atoms with Crippen LogP contribution in [-0.2, 0) is 6.54 Å². The van der Waals surface area contributed by atoms with Gasteiger partial charge in [0.1, 0.15) is 5.75 Å². The summed E-state index contributed by atoms with van der Waals surface area (Å²) in [6.45, 7) is 6.18. The lowest BCUT2D eigenvalue weighted by Gasteiger charge is -2.11. The Balaban J connectivity index is 2.70.